The zero-order valence-electron chi connectivity index (χ0n) is 10.3. The van der Waals surface area contributed by atoms with Crippen LogP contribution in [0.3, 0.4) is 0 Å². The van der Waals surface area contributed by atoms with Gasteiger partial charge in [-0.15, -0.1) is 0 Å². The molecule has 1 rings (SSSR count). The molecule has 0 aliphatic carbocycles. The number of amides is 1. The smallest absolute Gasteiger partial charge is 0.308 e. The summed E-state index contributed by atoms with van der Waals surface area (Å²) in [6, 6.07) is 4.30. The molecule has 0 saturated carbocycles. The number of H-pyrrole nitrogens is 1. The van der Waals surface area contributed by atoms with Gasteiger partial charge in [-0.2, -0.15) is 0 Å². The van der Waals surface area contributed by atoms with Crippen LogP contribution in [0.15, 0.2) is 23.0 Å². The summed E-state index contributed by atoms with van der Waals surface area (Å²) >= 11 is 0. The van der Waals surface area contributed by atoms with Gasteiger partial charge < -0.3 is 15.0 Å². The highest BCUT2D eigenvalue weighted by atomic mass is 16.4. The van der Waals surface area contributed by atoms with Crippen LogP contribution in [0, 0.1) is 5.92 Å². The van der Waals surface area contributed by atoms with E-state index in [-0.39, 0.29) is 23.7 Å². The van der Waals surface area contributed by atoms with Crippen LogP contribution in [0.1, 0.15) is 24.3 Å². The van der Waals surface area contributed by atoms with Crippen molar-refractivity contribution in [1.29, 1.82) is 0 Å². The summed E-state index contributed by atoms with van der Waals surface area (Å²) in [6.45, 7) is 3.79. The predicted octanol–water partition coefficient (Wildman–Crippen LogP) is 0.558. The molecule has 1 amide bonds. The Balaban J connectivity index is 2.86. The molecular weight excluding hydrogens is 236 g/mol. The lowest BCUT2D eigenvalue weighted by molar-refractivity contribution is -0.141. The molecule has 1 heterocycles. The van der Waals surface area contributed by atoms with Crippen molar-refractivity contribution in [2.24, 2.45) is 5.92 Å². The lowest BCUT2D eigenvalue weighted by atomic mass is 10.1. The monoisotopic (exact) mass is 252 g/mol. The largest absolute Gasteiger partial charge is 0.481 e. The summed E-state index contributed by atoms with van der Waals surface area (Å²) in [5.41, 5.74) is -0.190. The molecule has 0 fully saturated rings. The van der Waals surface area contributed by atoms with Crippen molar-refractivity contribution in [3.8, 4) is 0 Å². The number of carbonyl (C=O) groups excluding carboxylic acids is 1. The third-order valence-electron chi connectivity index (χ3n) is 2.58. The Morgan fingerprint density at radius 1 is 1.44 bits per heavy atom. The number of aliphatic carboxylic acids is 1. The summed E-state index contributed by atoms with van der Waals surface area (Å²) in [5.74, 6) is -1.98. The highest BCUT2D eigenvalue weighted by Crippen LogP contribution is 2.05. The third-order valence-corrected chi connectivity index (χ3v) is 2.58. The number of carboxylic acid groups (broad SMARTS) is 1. The van der Waals surface area contributed by atoms with Gasteiger partial charge in [-0.1, -0.05) is 13.0 Å². The average Bonchev–Trinajstić information content (AvgIpc) is 2.34. The quantitative estimate of drug-likeness (QED) is 0.801. The molecule has 0 aliphatic heterocycles. The molecular formula is C12H16N2O4. The number of aromatic amines is 1. The molecule has 0 aromatic carbocycles. The first kappa shape index (κ1) is 14.0. The Bertz CT molecular complexity index is 495. The Morgan fingerprint density at radius 2 is 2.11 bits per heavy atom. The maximum absolute atomic E-state index is 12.0. The maximum Gasteiger partial charge on any atom is 0.308 e. The second-order valence-corrected chi connectivity index (χ2v) is 4.01. The van der Waals surface area contributed by atoms with Crippen molar-refractivity contribution in [1.82, 2.24) is 9.88 Å². The molecule has 6 heteroatoms. The van der Waals surface area contributed by atoms with Gasteiger partial charge in [0, 0.05) is 19.2 Å². The standard InChI is InChI=1S/C12H16N2O4/c1-3-14(7-8(2)12(17)18)11(16)9-5-4-6-10(15)13-9/h4-6,8H,3,7H2,1-2H3,(H,13,15)(H,17,18). The second kappa shape index (κ2) is 6.00. The minimum Gasteiger partial charge on any atom is -0.481 e. The molecule has 0 radical (unpaired) electrons. The van der Waals surface area contributed by atoms with Crippen molar-refractivity contribution >= 4 is 11.9 Å². The van der Waals surface area contributed by atoms with E-state index in [1.165, 1.54) is 30.0 Å². The number of carboxylic acids is 1. The fourth-order valence-corrected chi connectivity index (χ4v) is 1.51. The number of carbonyl (C=O) groups is 2. The number of aromatic nitrogens is 1. The first-order chi connectivity index (χ1) is 8.45. The molecule has 18 heavy (non-hydrogen) atoms. The van der Waals surface area contributed by atoms with Crippen molar-refractivity contribution in [2.45, 2.75) is 13.8 Å². The van der Waals surface area contributed by atoms with Crippen LogP contribution in [0.5, 0.6) is 0 Å². The normalized spacial score (nSPS) is 11.9. The van der Waals surface area contributed by atoms with Crippen LogP contribution in [0.25, 0.3) is 0 Å². The fraction of sp³-hybridized carbons (Fsp3) is 0.417. The molecule has 6 nitrogen and oxygen atoms in total. The zero-order valence-corrected chi connectivity index (χ0v) is 10.3. The molecule has 1 atom stereocenters. The molecule has 0 aliphatic rings. The van der Waals surface area contributed by atoms with E-state index in [2.05, 4.69) is 4.98 Å². The third kappa shape index (κ3) is 3.44. The Morgan fingerprint density at radius 3 is 2.61 bits per heavy atom. The summed E-state index contributed by atoms with van der Waals surface area (Å²) in [4.78, 5) is 37.8. The summed E-state index contributed by atoms with van der Waals surface area (Å²) < 4.78 is 0. The van der Waals surface area contributed by atoms with Gasteiger partial charge in [0.15, 0.2) is 0 Å². The number of pyridine rings is 1. The Hall–Kier alpha value is -2.11. The number of hydrogen-bond donors (Lipinski definition) is 2. The van der Waals surface area contributed by atoms with Crippen LogP contribution in [0.4, 0.5) is 0 Å². The van der Waals surface area contributed by atoms with E-state index < -0.39 is 11.9 Å². The molecule has 2 N–H and O–H groups in total. The topological polar surface area (TPSA) is 90.5 Å². The molecule has 1 aromatic rings. The maximum atomic E-state index is 12.0. The molecule has 0 bridgehead atoms. The number of nitrogens with zero attached hydrogens (tertiary/aromatic N) is 1. The van der Waals surface area contributed by atoms with Gasteiger partial charge in [0.1, 0.15) is 5.69 Å². The molecule has 98 valence electrons. The van der Waals surface area contributed by atoms with Crippen LogP contribution < -0.4 is 5.56 Å². The molecule has 1 unspecified atom stereocenters. The van der Waals surface area contributed by atoms with Gasteiger partial charge in [-0.05, 0) is 13.0 Å². The van der Waals surface area contributed by atoms with Gasteiger partial charge in [0.25, 0.3) is 5.91 Å². The van der Waals surface area contributed by atoms with Gasteiger partial charge in [-0.25, -0.2) is 0 Å². The number of nitrogens with one attached hydrogen (secondary N) is 1. The number of hydrogen-bond acceptors (Lipinski definition) is 3. The number of rotatable bonds is 5. The SMILES string of the molecule is CCN(CC(C)C(=O)O)C(=O)c1cccc(=O)[nH]1. The van der Waals surface area contributed by atoms with Crippen molar-refractivity contribution in [3.63, 3.8) is 0 Å². The Labute approximate surface area is 104 Å². The first-order valence-electron chi connectivity index (χ1n) is 5.67. The highest BCUT2D eigenvalue weighted by Gasteiger charge is 2.20. The van der Waals surface area contributed by atoms with E-state index in [0.29, 0.717) is 6.54 Å². The van der Waals surface area contributed by atoms with E-state index in [1.54, 1.807) is 6.92 Å². The second-order valence-electron chi connectivity index (χ2n) is 4.01. The minimum absolute atomic E-state index is 0.113. The van der Waals surface area contributed by atoms with E-state index in [0.717, 1.165) is 0 Å². The minimum atomic E-state index is -0.956. The predicted molar refractivity (Wildman–Crippen MR) is 65.4 cm³/mol. The lowest BCUT2D eigenvalue weighted by Crippen LogP contribution is -2.37. The molecule has 0 spiro atoms. The van der Waals surface area contributed by atoms with Crippen LogP contribution >= 0.6 is 0 Å². The van der Waals surface area contributed by atoms with E-state index >= 15 is 0 Å². The lowest BCUT2D eigenvalue weighted by Gasteiger charge is -2.22. The highest BCUT2D eigenvalue weighted by molar-refractivity contribution is 5.92. The Kier molecular flexibility index (Phi) is 4.65. The van der Waals surface area contributed by atoms with Gasteiger partial charge >= 0.3 is 5.97 Å². The van der Waals surface area contributed by atoms with Crippen LogP contribution in [-0.4, -0.2) is 40.0 Å². The van der Waals surface area contributed by atoms with E-state index in [9.17, 15) is 14.4 Å². The van der Waals surface area contributed by atoms with Crippen molar-refractivity contribution in [3.05, 3.63) is 34.2 Å². The van der Waals surface area contributed by atoms with Gasteiger partial charge in [0.05, 0.1) is 5.92 Å². The van der Waals surface area contributed by atoms with Crippen LogP contribution in [-0.2, 0) is 4.79 Å². The van der Waals surface area contributed by atoms with E-state index in [1.807, 2.05) is 0 Å². The van der Waals surface area contributed by atoms with Gasteiger partial charge in [0.2, 0.25) is 5.56 Å². The first-order valence-corrected chi connectivity index (χ1v) is 5.67. The summed E-state index contributed by atoms with van der Waals surface area (Å²) in [5, 5.41) is 8.83. The van der Waals surface area contributed by atoms with Crippen LogP contribution in [0.2, 0.25) is 0 Å². The van der Waals surface area contributed by atoms with Crippen molar-refractivity contribution < 1.29 is 14.7 Å². The average molecular weight is 252 g/mol. The molecule has 0 saturated heterocycles. The van der Waals surface area contributed by atoms with Gasteiger partial charge in [-0.3, -0.25) is 14.4 Å². The molecule has 1 aromatic heterocycles. The van der Waals surface area contributed by atoms with Crippen molar-refractivity contribution in [2.75, 3.05) is 13.1 Å². The summed E-state index contributed by atoms with van der Waals surface area (Å²) in [7, 11) is 0. The summed E-state index contributed by atoms with van der Waals surface area (Å²) in [6.07, 6.45) is 0. The fourth-order valence-electron chi connectivity index (χ4n) is 1.51. The van der Waals surface area contributed by atoms with E-state index in [4.69, 9.17) is 5.11 Å². The zero-order chi connectivity index (χ0) is 13.7.